The molecule has 0 aliphatic carbocycles. The van der Waals surface area contributed by atoms with Gasteiger partial charge in [-0.05, 0) is 24.3 Å². The predicted molar refractivity (Wildman–Crippen MR) is 86.1 cm³/mol. The highest BCUT2D eigenvalue weighted by molar-refractivity contribution is 6.35. The van der Waals surface area contributed by atoms with Crippen LogP contribution in [0, 0.1) is 12.3 Å². The van der Waals surface area contributed by atoms with Crippen LogP contribution in [0.2, 0.25) is 0 Å². The standard InChI is InChI=1S/C17H26N2O3/c1-12-5-7-13(8-6-12)11-19-16(22)15(21)18-10-9-14(20)17(2,3)4/h5-8,14,20H,9-11H2,1-4H3,(H,18,21)(H,19,22). The molecule has 0 radical (unpaired) electrons. The summed E-state index contributed by atoms with van der Waals surface area (Å²) < 4.78 is 0. The Morgan fingerprint density at radius 1 is 1.09 bits per heavy atom. The van der Waals surface area contributed by atoms with E-state index in [9.17, 15) is 14.7 Å². The normalized spacial score (nSPS) is 12.6. The lowest BCUT2D eigenvalue weighted by atomic mass is 9.87. The molecule has 1 unspecified atom stereocenters. The topological polar surface area (TPSA) is 78.4 Å². The maximum Gasteiger partial charge on any atom is 0.309 e. The van der Waals surface area contributed by atoms with Gasteiger partial charge in [0.2, 0.25) is 0 Å². The lowest BCUT2D eigenvalue weighted by molar-refractivity contribution is -0.139. The zero-order valence-corrected chi connectivity index (χ0v) is 13.8. The van der Waals surface area contributed by atoms with Crippen molar-refractivity contribution >= 4 is 11.8 Å². The van der Waals surface area contributed by atoms with E-state index in [4.69, 9.17) is 0 Å². The van der Waals surface area contributed by atoms with E-state index in [-0.39, 0.29) is 12.0 Å². The molecule has 1 atom stereocenters. The summed E-state index contributed by atoms with van der Waals surface area (Å²) in [5.74, 6) is -1.33. The number of carbonyl (C=O) groups is 2. The van der Waals surface area contributed by atoms with Crippen molar-refractivity contribution in [1.82, 2.24) is 10.6 Å². The fourth-order valence-corrected chi connectivity index (χ4v) is 1.80. The summed E-state index contributed by atoms with van der Waals surface area (Å²) in [5.41, 5.74) is 1.85. The van der Waals surface area contributed by atoms with Crippen LogP contribution >= 0.6 is 0 Å². The molecule has 0 aliphatic heterocycles. The summed E-state index contributed by atoms with van der Waals surface area (Å²) in [6.07, 6.45) is -0.107. The average molecular weight is 306 g/mol. The number of benzene rings is 1. The highest BCUT2D eigenvalue weighted by Crippen LogP contribution is 2.20. The molecule has 0 bridgehead atoms. The van der Waals surface area contributed by atoms with Crippen molar-refractivity contribution in [3.05, 3.63) is 35.4 Å². The first-order valence-electron chi connectivity index (χ1n) is 7.50. The van der Waals surface area contributed by atoms with Crippen molar-refractivity contribution in [3.8, 4) is 0 Å². The van der Waals surface area contributed by atoms with Gasteiger partial charge in [-0.3, -0.25) is 9.59 Å². The molecule has 22 heavy (non-hydrogen) atoms. The zero-order chi connectivity index (χ0) is 16.8. The molecular formula is C17H26N2O3. The number of aliphatic hydroxyl groups is 1. The predicted octanol–water partition coefficient (Wildman–Crippen LogP) is 1.52. The van der Waals surface area contributed by atoms with Gasteiger partial charge in [-0.1, -0.05) is 50.6 Å². The van der Waals surface area contributed by atoms with Gasteiger partial charge < -0.3 is 15.7 Å². The smallest absolute Gasteiger partial charge is 0.309 e. The van der Waals surface area contributed by atoms with E-state index < -0.39 is 17.9 Å². The fraction of sp³-hybridized carbons (Fsp3) is 0.529. The van der Waals surface area contributed by atoms with Crippen LogP contribution in [0.5, 0.6) is 0 Å². The van der Waals surface area contributed by atoms with Gasteiger partial charge in [-0.25, -0.2) is 0 Å². The second-order valence-corrected chi connectivity index (χ2v) is 6.59. The lowest BCUT2D eigenvalue weighted by Crippen LogP contribution is -2.41. The molecule has 3 N–H and O–H groups in total. The van der Waals surface area contributed by atoms with Crippen LogP contribution in [0.3, 0.4) is 0 Å². The van der Waals surface area contributed by atoms with Crippen molar-refractivity contribution < 1.29 is 14.7 Å². The first kappa shape index (κ1) is 18.2. The summed E-state index contributed by atoms with van der Waals surface area (Å²) in [4.78, 5) is 23.3. The lowest BCUT2D eigenvalue weighted by Gasteiger charge is -2.25. The summed E-state index contributed by atoms with van der Waals surface area (Å²) in [6, 6.07) is 7.73. The second-order valence-electron chi connectivity index (χ2n) is 6.59. The van der Waals surface area contributed by atoms with E-state index >= 15 is 0 Å². The number of carbonyl (C=O) groups excluding carboxylic acids is 2. The van der Waals surface area contributed by atoms with Crippen LogP contribution in [0.1, 0.15) is 38.3 Å². The Morgan fingerprint density at radius 3 is 2.18 bits per heavy atom. The first-order valence-corrected chi connectivity index (χ1v) is 7.50. The number of aliphatic hydroxyl groups excluding tert-OH is 1. The van der Waals surface area contributed by atoms with Gasteiger partial charge in [0, 0.05) is 13.1 Å². The van der Waals surface area contributed by atoms with E-state index in [0.717, 1.165) is 11.1 Å². The molecule has 122 valence electrons. The number of amides is 2. The van der Waals surface area contributed by atoms with Crippen molar-refractivity contribution in [2.24, 2.45) is 5.41 Å². The second kappa shape index (κ2) is 7.94. The maximum absolute atomic E-state index is 11.7. The Bertz CT molecular complexity index is 504. The van der Waals surface area contributed by atoms with E-state index in [0.29, 0.717) is 13.0 Å². The van der Waals surface area contributed by atoms with Gasteiger partial charge in [0.1, 0.15) is 0 Å². The Balaban J connectivity index is 2.30. The maximum atomic E-state index is 11.7. The number of rotatable bonds is 5. The van der Waals surface area contributed by atoms with Crippen molar-refractivity contribution in [1.29, 1.82) is 0 Å². The number of hydrogen-bond donors (Lipinski definition) is 3. The highest BCUT2D eigenvalue weighted by atomic mass is 16.3. The van der Waals surface area contributed by atoms with Crippen LogP contribution in [0.25, 0.3) is 0 Å². The monoisotopic (exact) mass is 306 g/mol. The minimum Gasteiger partial charge on any atom is -0.393 e. The van der Waals surface area contributed by atoms with E-state index in [1.807, 2.05) is 52.0 Å². The molecule has 5 nitrogen and oxygen atoms in total. The Hall–Kier alpha value is -1.88. The first-order chi connectivity index (χ1) is 10.2. The van der Waals surface area contributed by atoms with Crippen LogP contribution in [0.15, 0.2) is 24.3 Å². The minimum atomic E-state index is -0.673. The van der Waals surface area contributed by atoms with Gasteiger partial charge in [-0.2, -0.15) is 0 Å². The Labute approximate surface area is 132 Å². The van der Waals surface area contributed by atoms with Gasteiger partial charge in [0.05, 0.1) is 6.10 Å². The molecular weight excluding hydrogens is 280 g/mol. The summed E-state index contributed by atoms with van der Waals surface area (Å²) in [6.45, 7) is 8.35. The van der Waals surface area contributed by atoms with Crippen LogP contribution < -0.4 is 10.6 Å². The van der Waals surface area contributed by atoms with Gasteiger partial charge >= 0.3 is 11.8 Å². The highest BCUT2D eigenvalue weighted by Gasteiger charge is 2.22. The minimum absolute atomic E-state index is 0.238. The summed E-state index contributed by atoms with van der Waals surface area (Å²) in [7, 11) is 0. The fourth-order valence-electron chi connectivity index (χ4n) is 1.80. The molecule has 0 aliphatic rings. The molecule has 1 aromatic carbocycles. The number of nitrogens with one attached hydrogen (secondary N) is 2. The van der Waals surface area contributed by atoms with Crippen LogP contribution in [-0.2, 0) is 16.1 Å². The quantitative estimate of drug-likeness (QED) is 0.722. The largest absolute Gasteiger partial charge is 0.393 e. The zero-order valence-electron chi connectivity index (χ0n) is 13.8. The molecule has 0 heterocycles. The van der Waals surface area contributed by atoms with Gasteiger partial charge in [0.25, 0.3) is 0 Å². The van der Waals surface area contributed by atoms with E-state index in [1.54, 1.807) is 0 Å². The Kier molecular flexibility index (Phi) is 6.56. The molecule has 0 saturated carbocycles. The third kappa shape index (κ3) is 6.26. The molecule has 1 rings (SSSR count). The molecule has 5 heteroatoms. The van der Waals surface area contributed by atoms with Gasteiger partial charge in [0.15, 0.2) is 0 Å². The van der Waals surface area contributed by atoms with Crippen LogP contribution in [0.4, 0.5) is 0 Å². The van der Waals surface area contributed by atoms with E-state index in [2.05, 4.69) is 10.6 Å². The summed E-state index contributed by atoms with van der Waals surface area (Å²) >= 11 is 0. The number of hydrogen-bond acceptors (Lipinski definition) is 3. The molecule has 1 aromatic rings. The van der Waals surface area contributed by atoms with Crippen molar-refractivity contribution in [2.45, 2.75) is 46.8 Å². The molecule has 0 fully saturated rings. The number of aryl methyl sites for hydroxylation is 1. The summed E-state index contributed by atoms with van der Waals surface area (Å²) in [5, 5.41) is 15.0. The van der Waals surface area contributed by atoms with Gasteiger partial charge in [-0.15, -0.1) is 0 Å². The van der Waals surface area contributed by atoms with Crippen LogP contribution in [-0.4, -0.2) is 29.6 Å². The third-order valence-electron chi connectivity index (χ3n) is 3.48. The molecule has 0 saturated heterocycles. The third-order valence-corrected chi connectivity index (χ3v) is 3.48. The average Bonchev–Trinajstić information content (AvgIpc) is 2.45. The van der Waals surface area contributed by atoms with E-state index in [1.165, 1.54) is 0 Å². The molecule has 2 amide bonds. The molecule has 0 aromatic heterocycles. The van der Waals surface area contributed by atoms with Crippen molar-refractivity contribution in [3.63, 3.8) is 0 Å². The van der Waals surface area contributed by atoms with Crippen molar-refractivity contribution in [2.75, 3.05) is 6.54 Å². The molecule has 0 spiro atoms. The SMILES string of the molecule is Cc1ccc(CNC(=O)C(=O)NCCC(O)C(C)(C)C)cc1. The Morgan fingerprint density at radius 2 is 1.64 bits per heavy atom.